The minimum Gasteiger partial charge on any atom is -0.354 e. The van der Waals surface area contributed by atoms with E-state index in [2.05, 4.69) is 37.4 Å². The van der Waals surface area contributed by atoms with Crippen molar-refractivity contribution in [3.05, 3.63) is 66.2 Å². The molecule has 2 rings (SSSR count). The quantitative estimate of drug-likeness (QED) is 0.628. The molecular formula is C25H31N3O2. The molecule has 0 saturated carbocycles. The van der Waals surface area contributed by atoms with Crippen LogP contribution in [0.15, 0.2) is 60.7 Å². The van der Waals surface area contributed by atoms with Crippen LogP contribution < -0.4 is 10.2 Å². The molecule has 0 spiro atoms. The number of carbonyl (C=O) groups is 2. The Bertz CT molecular complexity index is 857. The summed E-state index contributed by atoms with van der Waals surface area (Å²) in [4.78, 5) is 26.7. The average Bonchev–Trinajstić information content (AvgIpc) is 2.73. The van der Waals surface area contributed by atoms with Crippen molar-refractivity contribution in [1.82, 2.24) is 5.32 Å². The van der Waals surface area contributed by atoms with Gasteiger partial charge in [0.05, 0.1) is 12.5 Å². The van der Waals surface area contributed by atoms with Crippen LogP contribution in [0.5, 0.6) is 0 Å². The third kappa shape index (κ3) is 7.04. The second kappa shape index (κ2) is 11.2. The van der Waals surface area contributed by atoms with Crippen LogP contribution in [0.3, 0.4) is 0 Å². The molecule has 2 aromatic rings. The van der Waals surface area contributed by atoms with Gasteiger partial charge in [0.2, 0.25) is 11.8 Å². The van der Waals surface area contributed by atoms with Gasteiger partial charge in [-0.15, -0.1) is 0 Å². The van der Waals surface area contributed by atoms with Crippen molar-refractivity contribution < 1.29 is 9.59 Å². The van der Waals surface area contributed by atoms with Crippen molar-refractivity contribution in [2.24, 2.45) is 0 Å². The van der Waals surface area contributed by atoms with Crippen molar-refractivity contribution >= 4 is 17.5 Å². The molecule has 1 unspecified atom stereocenters. The van der Waals surface area contributed by atoms with Gasteiger partial charge in [-0.05, 0) is 36.5 Å². The van der Waals surface area contributed by atoms with Gasteiger partial charge in [-0.3, -0.25) is 9.59 Å². The largest absolute Gasteiger partial charge is 0.354 e. The van der Waals surface area contributed by atoms with Gasteiger partial charge in [0.1, 0.15) is 0 Å². The van der Waals surface area contributed by atoms with E-state index >= 15 is 0 Å². The minimum absolute atomic E-state index is 0.00776. The lowest BCUT2D eigenvalue weighted by Gasteiger charge is -2.29. The predicted molar refractivity (Wildman–Crippen MR) is 120 cm³/mol. The second-order valence-corrected chi connectivity index (χ2v) is 8.21. The summed E-state index contributed by atoms with van der Waals surface area (Å²) < 4.78 is 0. The maximum Gasteiger partial charge on any atom is 0.227 e. The Hall–Kier alpha value is -3.13. The van der Waals surface area contributed by atoms with E-state index < -0.39 is 0 Å². The van der Waals surface area contributed by atoms with Crippen molar-refractivity contribution in [1.29, 1.82) is 5.26 Å². The van der Waals surface area contributed by atoms with Crippen LogP contribution in [-0.2, 0) is 15.0 Å². The van der Waals surface area contributed by atoms with Gasteiger partial charge in [-0.25, -0.2) is 0 Å². The van der Waals surface area contributed by atoms with Crippen LogP contribution in [0.1, 0.15) is 52.0 Å². The Kier molecular flexibility index (Phi) is 8.61. The van der Waals surface area contributed by atoms with Crippen LogP contribution in [-0.4, -0.2) is 24.4 Å². The van der Waals surface area contributed by atoms with Crippen molar-refractivity contribution in [2.45, 2.75) is 57.9 Å². The maximum atomic E-state index is 12.7. The Morgan fingerprint density at radius 3 is 2.23 bits per heavy atom. The van der Waals surface area contributed by atoms with Gasteiger partial charge in [0.25, 0.3) is 0 Å². The molecule has 0 bridgehead atoms. The molecule has 0 heterocycles. The minimum atomic E-state index is -0.149. The van der Waals surface area contributed by atoms with E-state index in [0.717, 1.165) is 12.1 Å². The molecular weight excluding hydrogens is 374 g/mol. The summed E-state index contributed by atoms with van der Waals surface area (Å²) in [6.45, 7) is 6.65. The normalized spacial score (nSPS) is 11.9. The summed E-state index contributed by atoms with van der Waals surface area (Å²) in [5, 5.41) is 11.9. The monoisotopic (exact) mass is 405 g/mol. The Labute approximate surface area is 179 Å². The first-order valence-corrected chi connectivity index (χ1v) is 10.4. The van der Waals surface area contributed by atoms with E-state index in [1.165, 1.54) is 5.56 Å². The molecule has 2 aromatic carbocycles. The Morgan fingerprint density at radius 2 is 1.63 bits per heavy atom. The SMILES string of the molecule is CC(CC(C)(C)c1ccccc1)NC(=O)CCC(=O)N(CCC#N)c1ccccc1. The van der Waals surface area contributed by atoms with E-state index in [1.54, 1.807) is 4.90 Å². The van der Waals surface area contributed by atoms with Crippen LogP contribution in [0, 0.1) is 11.3 Å². The predicted octanol–water partition coefficient (Wildman–Crippen LogP) is 4.59. The summed E-state index contributed by atoms with van der Waals surface area (Å²) >= 11 is 0. The van der Waals surface area contributed by atoms with Gasteiger partial charge < -0.3 is 10.2 Å². The Balaban J connectivity index is 1.88. The summed E-state index contributed by atoms with van der Waals surface area (Å²) in [6, 6.07) is 21.6. The van der Waals surface area contributed by atoms with Crippen LogP contribution in [0.25, 0.3) is 0 Å². The molecule has 1 atom stereocenters. The van der Waals surface area contributed by atoms with E-state index in [-0.39, 0.29) is 42.5 Å². The summed E-state index contributed by atoms with van der Waals surface area (Å²) in [5.74, 6) is -0.281. The number of anilines is 1. The highest BCUT2D eigenvalue weighted by Crippen LogP contribution is 2.28. The topological polar surface area (TPSA) is 73.2 Å². The average molecular weight is 406 g/mol. The molecule has 0 radical (unpaired) electrons. The van der Waals surface area contributed by atoms with Gasteiger partial charge in [-0.1, -0.05) is 62.4 Å². The summed E-state index contributed by atoms with van der Waals surface area (Å²) in [5.41, 5.74) is 1.92. The number of nitrogens with one attached hydrogen (secondary N) is 1. The van der Waals surface area contributed by atoms with Crippen LogP contribution >= 0.6 is 0 Å². The van der Waals surface area contributed by atoms with Crippen molar-refractivity contribution in [3.8, 4) is 6.07 Å². The summed E-state index contributed by atoms with van der Waals surface area (Å²) in [6.07, 6.45) is 1.29. The lowest BCUT2D eigenvalue weighted by molar-refractivity contribution is -0.125. The van der Waals surface area contributed by atoms with E-state index in [9.17, 15) is 9.59 Å². The highest BCUT2D eigenvalue weighted by molar-refractivity contribution is 5.95. The highest BCUT2D eigenvalue weighted by atomic mass is 16.2. The lowest BCUT2D eigenvalue weighted by Crippen LogP contribution is -2.38. The van der Waals surface area contributed by atoms with Crippen molar-refractivity contribution in [3.63, 3.8) is 0 Å². The number of nitriles is 1. The first-order chi connectivity index (χ1) is 14.3. The first kappa shape index (κ1) is 23.2. The van der Waals surface area contributed by atoms with Gasteiger partial charge in [0.15, 0.2) is 0 Å². The molecule has 5 nitrogen and oxygen atoms in total. The molecule has 0 saturated heterocycles. The summed E-state index contributed by atoms with van der Waals surface area (Å²) in [7, 11) is 0. The van der Waals surface area contributed by atoms with Crippen LogP contribution in [0.4, 0.5) is 5.69 Å². The third-order valence-electron chi connectivity index (χ3n) is 5.16. The lowest BCUT2D eigenvalue weighted by atomic mass is 9.79. The van der Waals surface area contributed by atoms with Gasteiger partial charge in [-0.2, -0.15) is 5.26 Å². The number of carbonyl (C=O) groups excluding carboxylic acids is 2. The molecule has 1 N–H and O–H groups in total. The molecule has 0 aromatic heterocycles. The maximum absolute atomic E-state index is 12.7. The van der Waals surface area contributed by atoms with E-state index in [1.807, 2.05) is 55.5 Å². The number of rotatable bonds is 10. The zero-order chi connectivity index (χ0) is 22.0. The standard InChI is InChI=1S/C25H31N3O2/c1-20(19-25(2,3)21-11-6-4-7-12-21)27-23(29)15-16-24(30)28(18-10-17-26)22-13-8-5-9-14-22/h4-9,11-14,20H,10,15-16,18-19H2,1-3H3,(H,27,29). The van der Waals surface area contributed by atoms with Gasteiger partial charge >= 0.3 is 0 Å². The van der Waals surface area contributed by atoms with E-state index in [0.29, 0.717) is 6.54 Å². The zero-order valence-corrected chi connectivity index (χ0v) is 18.1. The molecule has 0 aliphatic carbocycles. The fourth-order valence-electron chi connectivity index (χ4n) is 3.69. The number of benzene rings is 2. The smallest absolute Gasteiger partial charge is 0.227 e. The molecule has 158 valence electrons. The third-order valence-corrected chi connectivity index (χ3v) is 5.16. The zero-order valence-electron chi connectivity index (χ0n) is 18.1. The number of nitrogens with zero attached hydrogens (tertiary/aromatic N) is 2. The molecule has 2 amide bonds. The molecule has 0 fully saturated rings. The fraction of sp³-hybridized carbons (Fsp3) is 0.400. The number of hydrogen-bond donors (Lipinski definition) is 1. The number of hydrogen-bond acceptors (Lipinski definition) is 3. The molecule has 0 aliphatic heterocycles. The number of amides is 2. The highest BCUT2D eigenvalue weighted by Gasteiger charge is 2.24. The van der Waals surface area contributed by atoms with Crippen molar-refractivity contribution in [2.75, 3.05) is 11.4 Å². The second-order valence-electron chi connectivity index (χ2n) is 8.21. The molecule has 0 aliphatic rings. The number of para-hydroxylation sites is 1. The fourth-order valence-corrected chi connectivity index (χ4v) is 3.69. The molecule has 30 heavy (non-hydrogen) atoms. The van der Waals surface area contributed by atoms with E-state index in [4.69, 9.17) is 5.26 Å². The molecule has 5 heteroatoms. The van der Waals surface area contributed by atoms with Crippen LogP contribution in [0.2, 0.25) is 0 Å². The first-order valence-electron chi connectivity index (χ1n) is 10.4. The van der Waals surface area contributed by atoms with Gasteiger partial charge in [0, 0.05) is 31.1 Å². The Morgan fingerprint density at radius 1 is 1.03 bits per heavy atom.